The van der Waals surface area contributed by atoms with E-state index in [0.29, 0.717) is 5.56 Å². The quantitative estimate of drug-likeness (QED) is 0.533. The predicted octanol–water partition coefficient (Wildman–Crippen LogP) is 5.78. The van der Waals surface area contributed by atoms with E-state index in [-0.39, 0.29) is 5.97 Å². The van der Waals surface area contributed by atoms with E-state index in [1.54, 1.807) is 12.1 Å². The van der Waals surface area contributed by atoms with Gasteiger partial charge in [-0.05, 0) is 61.0 Å². The van der Waals surface area contributed by atoms with Crippen molar-refractivity contribution in [2.24, 2.45) is 0 Å². The number of nitrogens with one attached hydrogen (secondary N) is 1. The number of hydrogen-bond acceptors (Lipinski definition) is 4. The molecule has 3 aromatic carbocycles. The molecule has 3 rings (SSSR count). The van der Waals surface area contributed by atoms with Gasteiger partial charge in [-0.1, -0.05) is 42.0 Å². The Bertz CT molecular complexity index is 930. The molecule has 0 amide bonds. The van der Waals surface area contributed by atoms with Crippen LogP contribution in [-0.2, 0) is 4.74 Å². The summed E-state index contributed by atoms with van der Waals surface area (Å²) >= 11 is 0. The van der Waals surface area contributed by atoms with Gasteiger partial charge in [0.25, 0.3) is 0 Å². The van der Waals surface area contributed by atoms with E-state index in [4.69, 9.17) is 9.47 Å². The lowest BCUT2D eigenvalue weighted by Gasteiger charge is -2.09. The fourth-order valence-corrected chi connectivity index (χ4v) is 2.68. The van der Waals surface area contributed by atoms with Gasteiger partial charge >= 0.3 is 5.97 Å². The molecule has 0 aliphatic heterocycles. The number of anilines is 1. The van der Waals surface area contributed by atoms with Crippen molar-refractivity contribution in [1.29, 1.82) is 0 Å². The van der Waals surface area contributed by atoms with Crippen LogP contribution in [0.2, 0.25) is 0 Å². The maximum Gasteiger partial charge on any atom is 0.337 e. The number of rotatable bonds is 7. The topological polar surface area (TPSA) is 47.6 Å². The second-order valence-corrected chi connectivity index (χ2v) is 6.40. The molecule has 3 aromatic rings. The van der Waals surface area contributed by atoms with Crippen LogP contribution in [0.15, 0.2) is 84.4 Å². The first-order valence-electron chi connectivity index (χ1n) is 9.06. The van der Waals surface area contributed by atoms with Crippen LogP contribution in [0.3, 0.4) is 0 Å². The highest BCUT2D eigenvalue weighted by Gasteiger charge is 2.03. The van der Waals surface area contributed by atoms with Crippen LogP contribution in [0.5, 0.6) is 11.5 Å². The minimum Gasteiger partial charge on any atom is -0.465 e. The molecule has 0 radical (unpaired) electrons. The van der Waals surface area contributed by atoms with Gasteiger partial charge in [0, 0.05) is 12.2 Å². The lowest BCUT2D eigenvalue weighted by Crippen LogP contribution is -2.02. The second kappa shape index (κ2) is 9.42. The molecule has 0 aromatic heterocycles. The largest absolute Gasteiger partial charge is 0.465 e. The summed E-state index contributed by atoms with van der Waals surface area (Å²) in [5.41, 5.74) is 3.79. The zero-order valence-corrected chi connectivity index (χ0v) is 16.0. The number of hydrogen-bond donors (Lipinski definition) is 1. The van der Waals surface area contributed by atoms with Crippen LogP contribution in [-0.4, -0.2) is 19.6 Å². The third kappa shape index (κ3) is 5.48. The van der Waals surface area contributed by atoms with Gasteiger partial charge in [-0.2, -0.15) is 0 Å². The highest BCUT2D eigenvalue weighted by atomic mass is 16.5. The van der Waals surface area contributed by atoms with Gasteiger partial charge in [-0.25, -0.2) is 4.79 Å². The number of para-hydroxylation sites is 1. The summed E-state index contributed by atoms with van der Waals surface area (Å²) in [6.07, 6.45) is 2.08. The first-order chi connectivity index (χ1) is 13.6. The Morgan fingerprint density at radius 2 is 1.54 bits per heavy atom. The number of carbonyl (C=O) groups is 1. The molecular weight excluding hydrogens is 350 g/mol. The molecule has 4 nitrogen and oxygen atoms in total. The van der Waals surface area contributed by atoms with E-state index >= 15 is 0 Å². The molecule has 0 atom stereocenters. The summed E-state index contributed by atoms with van der Waals surface area (Å²) in [4.78, 5) is 11.5. The zero-order valence-electron chi connectivity index (χ0n) is 16.0. The van der Waals surface area contributed by atoms with E-state index in [1.165, 1.54) is 12.7 Å². The van der Waals surface area contributed by atoms with Crippen molar-refractivity contribution in [1.82, 2.24) is 0 Å². The maximum absolute atomic E-state index is 11.5. The molecule has 0 bridgehead atoms. The first kappa shape index (κ1) is 19.2. The van der Waals surface area contributed by atoms with Gasteiger partial charge in [-0.15, -0.1) is 0 Å². The van der Waals surface area contributed by atoms with Gasteiger partial charge in [-0.3, -0.25) is 0 Å². The standard InChI is InChI=1S/C24H23NO3/c1-18(16-19-8-10-20(11-9-19)24(26)27-2)17-25-21-12-14-23(15-13-21)28-22-6-4-3-5-7-22/h3-16,25H,17H2,1-2H3. The normalized spacial score (nSPS) is 11.0. The first-order valence-corrected chi connectivity index (χ1v) is 9.06. The van der Waals surface area contributed by atoms with Gasteiger partial charge in [0.15, 0.2) is 0 Å². The molecule has 0 fully saturated rings. The lowest BCUT2D eigenvalue weighted by atomic mass is 10.1. The molecule has 0 unspecified atom stereocenters. The van der Waals surface area contributed by atoms with Gasteiger partial charge in [0.05, 0.1) is 12.7 Å². The molecule has 1 N–H and O–H groups in total. The Hall–Kier alpha value is -3.53. The van der Waals surface area contributed by atoms with Crippen LogP contribution >= 0.6 is 0 Å². The molecule has 0 aliphatic rings. The lowest BCUT2D eigenvalue weighted by molar-refractivity contribution is 0.0600. The smallest absolute Gasteiger partial charge is 0.337 e. The van der Waals surface area contributed by atoms with E-state index in [2.05, 4.69) is 18.3 Å². The summed E-state index contributed by atoms with van der Waals surface area (Å²) in [7, 11) is 1.38. The Morgan fingerprint density at radius 1 is 0.893 bits per heavy atom. The SMILES string of the molecule is COC(=O)c1ccc(C=C(C)CNc2ccc(Oc3ccccc3)cc2)cc1. The molecule has 0 heterocycles. The third-order valence-corrected chi connectivity index (χ3v) is 4.15. The summed E-state index contributed by atoms with van der Waals surface area (Å²) in [6.45, 7) is 2.78. The molecule has 4 heteroatoms. The molecule has 0 spiro atoms. The molecule has 142 valence electrons. The average Bonchev–Trinajstić information content (AvgIpc) is 2.74. The van der Waals surface area contributed by atoms with E-state index < -0.39 is 0 Å². The molecule has 0 aliphatic carbocycles. The van der Waals surface area contributed by atoms with Crippen LogP contribution < -0.4 is 10.1 Å². The Balaban J connectivity index is 1.54. The number of benzene rings is 3. The Labute approximate surface area is 165 Å². The fourth-order valence-electron chi connectivity index (χ4n) is 2.68. The van der Waals surface area contributed by atoms with Crippen molar-refractivity contribution in [2.75, 3.05) is 19.0 Å². The summed E-state index contributed by atoms with van der Waals surface area (Å²) in [5, 5.41) is 3.40. The van der Waals surface area contributed by atoms with Gasteiger partial charge < -0.3 is 14.8 Å². The highest BCUT2D eigenvalue weighted by molar-refractivity contribution is 5.89. The Kier molecular flexibility index (Phi) is 6.47. The van der Waals surface area contributed by atoms with Crippen LogP contribution in [0.1, 0.15) is 22.8 Å². The van der Waals surface area contributed by atoms with Gasteiger partial charge in [0.1, 0.15) is 11.5 Å². The average molecular weight is 373 g/mol. The van der Waals surface area contributed by atoms with Crippen molar-refractivity contribution in [2.45, 2.75) is 6.92 Å². The maximum atomic E-state index is 11.5. The number of carbonyl (C=O) groups excluding carboxylic acids is 1. The molecule has 0 saturated heterocycles. The van der Waals surface area contributed by atoms with E-state index in [9.17, 15) is 4.79 Å². The van der Waals surface area contributed by atoms with Crippen molar-refractivity contribution >= 4 is 17.7 Å². The van der Waals surface area contributed by atoms with E-state index in [1.807, 2.05) is 66.7 Å². The number of ether oxygens (including phenoxy) is 2. The second-order valence-electron chi connectivity index (χ2n) is 6.40. The third-order valence-electron chi connectivity index (χ3n) is 4.15. The highest BCUT2D eigenvalue weighted by Crippen LogP contribution is 2.22. The van der Waals surface area contributed by atoms with Crippen molar-refractivity contribution in [3.05, 3.63) is 95.6 Å². The van der Waals surface area contributed by atoms with Crippen LogP contribution in [0.25, 0.3) is 6.08 Å². The van der Waals surface area contributed by atoms with Crippen molar-refractivity contribution in [3.63, 3.8) is 0 Å². The summed E-state index contributed by atoms with van der Waals surface area (Å²) in [6, 6.07) is 24.9. The molecular formula is C24H23NO3. The van der Waals surface area contributed by atoms with E-state index in [0.717, 1.165) is 29.3 Å². The molecule has 0 saturated carbocycles. The zero-order chi connectivity index (χ0) is 19.8. The summed E-state index contributed by atoms with van der Waals surface area (Å²) in [5.74, 6) is 1.29. The fraction of sp³-hybridized carbons (Fsp3) is 0.125. The van der Waals surface area contributed by atoms with Gasteiger partial charge in [0.2, 0.25) is 0 Å². The van der Waals surface area contributed by atoms with Crippen molar-refractivity contribution < 1.29 is 14.3 Å². The number of methoxy groups -OCH3 is 1. The van der Waals surface area contributed by atoms with Crippen molar-refractivity contribution in [3.8, 4) is 11.5 Å². The Morgan fingerprint density at radius 3 is 2.18 bits per heavy atom. The minimum absolute atomic E-state index is 0.325. The minimum atomic E-state index is -0.325. The monoisotopic (exact) mass is 373 g/mol. The molecule has 28 heavy (non-hydrogen) atoms. The van der Waals surface area contributed by atoms with Crippen LogP contribution in [0.4, 0.5) is 5.69 Å². The summed E-state index contributed by atoms with van der Waals surface area (Å²) < 4.78 is 10.5. The number of esters is 1. The van der Waals surface area contributed by atoms with Crippen LogP contribution in [0, 0.1) is 0 Å². The predicted molar refractivity (Wildman–Crippen MR) is 113 cm³/mol.